The maximum absolute atomic E-state index is 11.7. The second-order valence-corrected chi connectivity index (χ2v) is 6.14. The lowest BCUT2D eigenvalue weighted by molar-refractivity contribution is 0.0688. The molecule has 1 atom stereocenters. The Labute approximate surface area is 143 Å². The highest BCUT2D eigenvalue weighted by atomic mass is 16.4. The summed E-state index contributed by atoms with van der Waals surface area (Å²) in [6, 6.07) is 0.141. The molecule has 3 rings (SSSR count). The minimum atomic E-state index is -0.996. The average Bonchev–Trinajstić information content (AvgIpc) is 2.95. The molecule has 0 saturated heterocycles. The molecule has 2 heterocycles. The number of H-pyrrole nitrogens is 2. The van der Waals surface area contributed by atoms with Crippen molar-refractivity contribution in [2.24, 2.45) is 0 Å². The van der Waals surface area contributed by atoms with Crippen molar-refractivity contribution in [2.75, 3.05) is 6.54 Å². The third-order valence-electron chi connectivity index (χ3n) is 4.57. The molecule has 0 amide bonds. The second kappa shape index (κ2) is 7.06. The number of hydrogen-bond donors (Lipinski definition) is 4. The van der Waals surface area contributed by atoms with Gasteiger partial charge in [-0.15, -0.1) is 0 Å². The van der Waals surface area contributed by atoms with Crippen molar-refractivity contribution in [3.8, 4) is 0 Å². The number of aromatic nitrogens is 4. The summed E-state index contributed by atoms with van der Waals surface area (Å²) in [7, 11) is 0. The molecule has 2 aromatic heterocycles. The normalized spacial score (nSPS) is 16.6. The van der Waals surface area contributed by atoms with Gasteiger partial charge in [-0.05, 0) is 39.2 Å². The van der Waals surface area contributed by atoms with Crippen LogP contribution in [0.15, 0.2) is 15.8 Å². The van der Waals surface area contributed by atoms with Crippen molar-refractivity contribution >= 4 is 5.97 Å². The van der Waals surface area contributed by atoms with Crippen LogP contribution in [0.3, 0.4) is 0 Å². The zero-order valence-corrected chi connectivity index (χ0v) is 14.0. The fourth-order valence-corrected chi connectivity index (χ4v) is 3.33. The zero-order chi connectivity index (χ0) is 18.0. The predicted octanol–water partition coefficient (Wildman–Crippen LogP) is -0.333. The molecule has 134 valence electrons. The highest BCUT2D eigenvalue weighted by molar-refractivity contribution is 5.87. The van der Waals surface area contributed by atoms with E-state index in [0.717, 1.165) is 24.1 Å². The Morgan fingerprint density at radius 2 is 2.28 bits per heavy atom. The lowest BCUT2D eigenvalue weighted by Crippen LogP contribution is -2.37. The van der Waals surface area contributed by atoms with Gasteiger partial charge >= 0.3 is 11.7 Å². The van der Waals surface area contributed by atoms with E-state index in [0.29, 0.717) is 31.5 Å². The fourth-order valence-electron chi connectivity index (χ4n) is 3.33. The van der Waals surface area contributed by atoms with Crippen LogP contribution in [0, 0.1) is 0 Å². The van der Waals surface area contributed by atoms with Crippen molar-refractivity contribution in [1.82, 2.24) is 25.1 Å². The summed E-state index contributed by atoms with van der Waals surface area (Å²) in [5.74, 6) is -0.996. The van der Waals surface area contributed by atoms with Gasteiger partial charge in [-0.2, -0.15) is 5.10 Å². The average molecular weight is 347 g/mol. The summed E-state index contributed by atoms with van der Waals surface area (Å²) >= 11 is 0. The van der Waals surface area contributed by atoms with E-state index < -0.39 is 11.7 Å². The molecule has 1 aliphatic carbocycles. The third kappa shape index (κ3) is 3.55. The van der Waals surface area contributed by atoms with E-state index in [-0.39, 0.29) is 17.3 Å². The summed E-state index contributed by atoms with van der Waals surface area (Å²) in [4.78, 5) is 38.7. The lowest BCUT2D eigenvalue weighted by Gasteiger charge is -2.24. The Bertz CT molecular complexity index is 895. The van der Waals surface area contributed by atoms with E-state index in [4.69, 9.17) is 0 Å². The Morgan fingerprint density at radius 1 is 1.48 bits per heavy atom. The molecular weight excluding hydrogens is 326 g/mol. The molecule has 0 aromatic carbocycles. The molecule has 0 saturated carbocycles. The molecule has 0 spiro atoms. The number of rotatable bonds is 6. The van der Waals surface area contributed by atoms with Crippen molar-refractivity contribution in [2.45, 2.75) is 45.2 Å². The summed E-state index contributed by atoms with van der Waals surface area (Å²) in [5, 5.41) is 16.9. The van der Waals surface area contributed by atoms with Gasteiger partial charge in [-0.3, -0.25) is 14.5 Å². The van der Waals surface area contributed by atoms with Crippen LogP contribution in [0.1, 0.15) is 40.7 Å². The molecule has 9 heteroatoms. The van der Waals surface area contributed by atoms with Crippen LogP contribution >= 0.6 is 0 Å². The number of fused-ring (bicyclic) bond motifs is 1. The molecule has 25 heavy (non-hydrogen) atoms. The first-order valence-corrected chi connectivity index (χ1v) is 8.35. The highest BCUT2D eigenvalue weighted by Gasteiger charge is 2.28. The third-order valence-corrected chi connectivity index (χ3v) is 4.57. The Kier molecular flexibility index (Phi) is 4.84. The minimum absolute atomic E-state index is 0.139. The van der Waals surface area contributed by atoms with E-state index in [9.17, 15) is 19.5 Å². The van der Waals surface area contributed by atoms with E-state index >= 15 is 0 Å². The van der Waals surface area contributed by atoms with Gasteiger partial charge in [0, 0.05) is 35.6 Å². The first-order valence-electron chi connectivity index (χ1n) is 8.35. The summed E-state index contributed by atoms with van der Waals surface area (Å²) in [5.41, 5.74) is 1.56. The van der Waals surface area contributed by atoms with E-state index in [1.54, 1.807) is 4.68 Å². The fraction of sp³-hybridized carbons (Fsp3) is 0.500. The van der Waals surface area contributed by atoms with Crippen LogP contribution in [-0.4, -0.2) is 43.4 Å². The quantitative estimate of drug-likeness (QED) is 0.565. The van der Waals surface area contributed by atoms with E-state index in [2.05, 4.69) is 20.4 Å². The van der Waals surface area contributed by atoms with Gasteiger partial charge in [0.25, 0.3) is 5.56 Å². The van der Waals surface area contributed by atoms with Crippen LogP contribution in [-0.2, 0) is 25.8 Å². The lowest BCUT2D eigenvalue weighted by atomic mass is 9.91. The molecular formula is C16H21N5O4. The van der Waals surface area contributed by atoms with Crippen molar-refractivity contribution in [1.29, 1.82) is 0 Å². The smallest absolute Gasteiger partial charge is 0.356 e. The number of aromatic carboxylic acids is 1. The number of carboxylic acids is 1. The maximum Gasteiger partial charge on any atom is 0.356 e. The number of carboxylic acid groups (broad SMARTS) is 1. The highest BCUT2D eigenvalue weighted by Crippen LogP contribution is 2.25. The van der Waals surface area contributed by atoms with Gasteiger partial charge in [0.1, 0.15) is 0 Å². The van der Waals surface area contributed by atoms with E-state index in [1.165, 1.54) is 6.20 Å². The molecule has 9 nitrogen and oxygen atoms in total. The summed E-state index contributed by atoms with van der Waals surface area (Å²) in [6.07, 6.45) is 4.18. The molecule has 0 bridgehead atoms. The Morgan fingerprint density at radius 3 is 2.96 bits per heavy atom. The monoisotopic (exact) mass is 347 g/mol. The SMILES string of the molecule is CCn1nc(C(=O)O)c2c1CCC(NCCc1c[nH]c(=O)[nH]c1=O)C2. The van der Waals surface area contributed by atoms with Gasteiger partial charge < -0.3 is 15.4 Å². The number of nitrogens with one attached hydrogen (secondary N) is 3. The van der Waals surface area contributed by atoms with Gasteiger partial charge in [0.2, 0.25) is 0 Å². The number of aryl methyl sites for hydroxylation is 1. The van der Waals surface area contributed by atoms with E-state index in [1.807, 2.05) is 6.92 Å². The minimum Gasteiger partial charge on any atom is -0.476 e. The summed E-state index contributed by atoms with van der Waals surface area (Å²) in [6.45, 7) is 3.17. The molecule has 1 unspecified atom stereocenters. The molecule has 0 fully saturated rings. The van der Waals surface area contributed by atoms with Crippen LogP contribution in [0.25, 0.3) is 0 Å². The van der Waals surface area contributed by atoms with Crippen LogP contribution < -0.4 is 16.6 Å². The zero-order valence-electron chi connectivity index (χ0n) is 14.0. The van der Waals surface area contributed by atoms with Crippen molar-refractivity contribution < 1.29 is 9.90 Å². The van der Waals surface area contributed by atoms with Crippen molar-refractivity contribution in [3.63, 3.8) is 0 Å². The van der Waals surface area contributed by atoms with Gasteiger partial charge in [-0.1, -0.05) is 0 Å². The number of carbonyl (C=O) groups is 1. The van der Waals surface area contributed by atoms with Crippen LogP contribution in [0.4, 0.5) is 0 Å². The molecule has 4 N–H and O–H groups in total. The standard InChI is InChI=1S/C16H21N5O4/c1-2-21-12-4-3-10(7-11(12)13(20-21)15(23)24)17-6-5-9-8-18-16(25)19-14(9)22/h8,10,17H,2-7H2,1H3,(H,23,24)(H2,18,19,22,25). The van der Waals surface area contributed by atoms with Gasteiger partial charge in [0.15, 0.2) is 5.69 Å². The van der Waals surface area contributed by atoms with Crippen LogP contribution in [0.5, 0.6) is 0 Å². The Balaban J connectivity index is 1.65. The second-order valence-electron chi connectivity index (χ2n) is 6.14. The first-order chi connectivity index (χ1) is 12.0. The van der Waals surface area contributed by atoms with Gasteiger partial charge in [0.05, 0.1) is 0 Å². The molecule has 2 aromatic rings. The predicted molar refractivity (Wildman–Crippen MR) is 90.1 cm³/mol. The first kappa shape index (κ1) is 17.2. The topological polar surface area (TPSA) is 133 Å². The largest absolute Gasteiger partial charge is 0.476 e. The van der Waals surface area contributed by atoms with Gasteiger partial charge in [-0.25, -0.2) is 9.59 Å². The number of aromatic amines is 2. The number of nitrogens with zero attached hydrogens (tertiary/aromatic N) is 2. The molecule has 0 aliphatic heterocycles. The molecule has 0 radical (unpaired) electrons. The Hall–Kier alpha value is -2.68. The molecule has 1 aliphatic rings. The maximum atomic E-state index is 11.7. The summed E-state index contributed by atoms with van der Waals surface area (Å²) < 4.78 is 1.77. The van der Waals surface area contributed by atoms with Crippen LogP contribution in [0.2, 0.25) is 0 Å². The number of hydrogen-bond acceptors (Lipinski definition) is 5. The van der Waals surface area contributed by atoms with Crippen molar-refractivity contribution in [3.05, 3.63) is 49.5 Å².